The minimum Gasteiger partial charge on any atom is -0.326 e. The molecule has 1 rings (SSSR count). The molecular weight excluding hydrogens is 181 g/mol. The van der Waals surface area contributed by atoms with Gasteiger partial charge in [-0.1, -0.05) is 12.1 Å². The van der Waals surface area contributed by atoms with Gasteiger partial charge >= 0.3 is 10.2 Å². The molecule has 1 aromatic rings. The fourth-order valence-electron chi connectivity index (χ4n) is 0.788. The van der Waals surface area contributed by atoms with Gasteiger partial charge in [0.2, 0.25) is 0 Å². The van der Waals surface area contributed by atoms with Crippen LogP contribution in [0.3, 0.4) is 0 Å². The van der Waals surface area contributed by atoms with E-state index in [1.165, 1.54) is 24.3 Å². The molecule has 0 heterocycles. The maximum atomic E-state index is 12.3. The van der Waals surface area contributed by atoms with Gasteiger partial charge in [0.1, 0.15) is 0 Å². The van der Waals surface area contributed by atoms with Gasteiger partial charge in [0, 0.05) is 6.54 Å². The average molecular weight is 189 g/mol. The summed E-state index contributed by atoms with van der Waals surface area (Å²) in [6.45, 7) is 0.312. The van der Waals surface area contributed by atoms with E-state index in [4.69, 9.17) is 5.73 Å². The normalized spacial score (nSPS) is 11.5. The molecule has 0 radical (unpaired) electrons. The molecule has 5 heteroatoms. The third kappa shape index (κ3) is 2.02. The van der Waals surface area contributed by atoms with E-state index < -0.39 is 10.2 Å². The van der Waals surface area contributed by atoms with Gasteiger partial charge < -0.3 is 5.73 Å². The molecule has 66 valence electrons. The highest BCUT2D eigenvalue weighted by atomic mass is 32.3. The molecule has 0 spiro atoms. The van der Waals surface area contributed by atoms with Crippen molar-refractivity contribution < 1.29 is 12.3 Å². The monoisotopic (exact) mass is 189 g/mol. The SMILES string of the molecule is NCc1ccc(S(=O)(=O)F)cc1. The molecule has 2 N–H and O–H groups in total. The first kappa shape index (κ1) is 9.15. The Morgan fingerprint density at radius 2 is 1.75 bits per heavy atom. The lowest BCUT2D eigenvalue weighted by Crippen LogP contribution is -1.97. The van der Waals surface area contributed by atoms with Crippen LogP contribution in [0.1, 0.15) is 5.56 Å². The van der Waals surface area contributed by atoms with E-state index in [2.05, 4.69) is 0 Å². The van der Waals surface area contributed by atoms with Crippen LogP contribution in [0.4, 0.5) is 3.89 Å². The van der Waals surface area contributed by atoms with Crippen molar-refractivity contribution in [2.45, 2.75) is 11.4 Å². The number of halogens is 1. The molecule has 3 nitrogen and oxygen atoms in total. The van der Waals surface area contributed by atoms with E-state index in [-0.39, 0.29) is 4.90 Å². The molecular formula is C7H8FNO2S. The molecule has 0 aliphatic rings. The molecule has 0 aromatic heterocycles. The summed E-state index contributed by atoms with van der Waals surface area (Å²) in [6.07, 6.45) is 0. The quantitative estimate of drug-likeness (QED) is 0.700. The fourth-order valence-corrected chi connectivity index (χ4v) is 1.25. The molecule has 0 bridgehead atoms. The van der Waals surface area contributed by atoms with Crippen LogP contribution in [0.15, 0.2) is 29.2 Å². The standard InChI is InChI=1S/C7H8FNO2S/c8-12(10,11)7-3-1-6(5-9)2-4-7/h1-4H,5,9H2. The maximum absolute atomic E-state index is 12.3. The molecule has 0 unspecified atom stereocenters. The first-order valence-electron chi connectivity index (χ1n) is 3.27. The molecule has 12 heavy (non-hydrogen) atoms. The lowest BCUT2D eigenvalue weighted by atomic mass is 10.2. The van der Waals surface area contributed by atoms with Crippen molar-refractivity contribution >= 4 is 10.2 Å². The Balaban J connectivity index is 3.09. The van der Waals surface area contributed by atoms with Crippen LogP contribution in [-0.2, 0) is 16.8 Å². The zero-order valence-electron chi connectivity index (χ0n) is 6.20. The zero-order chi connectivity index (χ0) is 9.19. The van der Waals surface area contributed by atoms with E-state index in [1.807, 2.05) is 0 Å². The third-order valence-electron chi connectivity index (χ3n) is 1.44. The van der Waals surface area contributed by atoms with Crippen LogP contribution < -0.4 is 5.73 Å². The number of nitrogens with two attached hydrogens (primary N) is 1. The second-order valence-electron chi connectivity index (χ2n) is 2.29. The van der Waals surface area contributed by atoms with Crippen molar-refractivity contribution in [1.29, 1.82) is 0 Å². The van der Waals surface area contributed by atoms with Crippen LogP contribution in [0.2, 0.25) is 0 Å². The second kappa shape index (κ2) is 3.20. The van der Waals surface area contributed by atoms with Crippen LogP contribution in [0, 0.1) is 0 Å². The predicted octanol–water partition coefficient (Wildman–Crippen LogP) is 0.804. The highest BCUT2D eigenvalue weighted by molar-refractivity contribution is 7.86. The smallest absolute Gasteiger partial charge is 0.326 e. The fraction of sp³-hybridized carbons (Fsp3) is 0.143. The molecule has 0 aliphatic carbocycles. The largest absolute Gasteiger partial charge is 0.332 e. The Bertz CT molecular complexity index is 357. The lowest BCUT2D eigenvalue weighted by Gasteiger charge is -1.96. The van der Waals surface area contributed by atoms with Crippen molar-refractivity contribution in [2.24, 2.45) is 5.73 Å². The van der Waals surface area contributed by atoms with Gasteiger partial charge in [-0.2, -0.15) is 8.42 Å². The zero-order valence-corrected chi connectivity index (χ0v) is 7.01. The predicted molar refractivity (Wildman–Crippen MR) is 42.6 cm³/mol. The molecule has 0 atom stereocenters. The van der Waals surface area contributed by atoms with Gasteiger partial charge in [-0.25, -0.2) is 0 Å². The molecule has 1 aromatic carbocycles. The van der Waals surface area contributed by atoms with E-state index >= 15 is 0 Å². The summed E-state index contributed by atoms with van der Waals surface area (Å²) in [5.74, 6) is 0. The van der Waals surface area contributed by atoms with Gasteiger partial charge in [-0.05, 0) is 17.7 Å². The summed E-state index contributed by atoms with van der Waals surface area (Å²) in [5.41, 5.74) is 6.03. The van der Waals surface area contributed by atoms with E-state index in [9.17, 15) is 12.3 Å². The van der Waals surface area contributed by atoms with Gasteiger partial charge in [-0.15, -0.1) is 3.89 Å². The van der Waals surface area contributed by atoms with E-state index in [0.29, 0.717) is 6.54 Å². The summed E-state index contributed by atoms with van der Waals surface area (Å²) in [4.78, 5) is -0.334. The van der Waals surface area contributed by atoms with Crippen molar-refractivity contribution in [1.82, 2.24) is 0 Å². The van der Waals surface area contributed by atoms with Gasteiger partial charge in [-0.3, -0.25) is 0 Å². The minimum absolute atomic E-state index is 0.312. The Labute approximate surface area is 70.2 Å². The Kier molecular flexibility index (Phi) is 2.44. The number of rotatable bonds is 2. The molecule has 0 fully saturated rings. The number of hydrogen-bond donors (Lipinski definition) is 1. The highest BCUT2D eigenvalue weighted by Gasteiger charge is 2.09. The summed E-state index contributed by atoms with van der Waals surface area (Å²) in [6, 6.07) is 5.34. The Morgan fingerprint density at radius 1 is 1.25 bits per heavy atom. The van der Waals surface area contributed by atoms with Crippen molar-refractivity contribution in [3.05, 3.63) is 29.8 Å². The number of benzene rings is 1. The molecule has 0 saturated carbocycles. The van der Waals surface area contributed by atoms with E-state index in [0.717, 1.165) is 5.56 Å². The summed E-state index contributed by atoms with van der Waals surface area (Å²) < 4.78 is 33.0. The summed E-state index contributed by atoms with van der Waals surface area (Å²) in [7, 11) is -4.57. The van der Waals surface area contributed by atoms with Gasteiger partial charge in [0.05, 0.1) is 4.90 Å². The first-order chi connectivity index (χ1) is 5.54. The molecule has 0 aliphatic heterocycles. The van der Waals surface area contributed by atoms with Gasteiger partial charge in [0.15, 0.2) is 0 Å². The second-order valence-corrected chi connectivity index (χ2v) is 3.63. The lowest BCUT2D eigenvalue weighted by molar-refractivity contribution is 0.552. The summed E-state index contributed by atoms with van der Waals surface area (Å²) in [5, 5.41) is 0. The molecule has 0 saturated heterocycles. The number of hydrogen-bond acceptors (Lipinski definition) is 3. The maximum Gasteiger partial charge on any atom is 0.332 e. The third-order valence-corrected chi connectivity index (χ3v) is 2.28. The van der Waals surface area contributed by atoms with Crippen LogP contribution in [0.25, 0.3) is 0 Å². The Hall–Kier alpha value is -0.940. The Morgan fingerprint density at radius 3 is 2.08 bits per heavy atom. The minimum atomic E-state index is -4.57. The summed E-state index contributed by atoms with van der Waals surface area (Å²) >= 11 is 0. The van der Waals surface area contributed by atoms with Gasteiger partial charge in [0.25, 0.3) is 0 Å². The topological polar surface area (TPSA) is 60.2 Å². The highest BCUT2D eigenvalue weighted by Crippen LogP contribution is 2.12. The van der Waals surface area contributed by atoms with Crippen LogP contribution in [0.5, 0.6) is 0 Å². The molecule has 0 amide bonds. The van der Waals surface area contributed by atoms with Crippen LogP contribution >= 0.6 is 0 Å². The average Bonchev–Trinajstić information content (AvgIpc) is 2.03. The van der Waals surface area contributed by atoms with E-state index in [1.54, 1.807) is 0 Å². The first-order valence-corrected chi connectivity index (χ1v) is 4.66. The van der Waals surface area contributed by atoms with Crippen molar-refractivity contribution in [3.63, 3.8) is 0 Å². The van der Waals surface area contributed by atoms with Crippen molar-refractivity contribution in [2.75, 3.05) is 0 Å². The van der Waals surface area contributed by atoms with Crippen LogP contribution in [-0.4, -0.2) is 8.42 Å². The van der Waals surface area contributed by atoms with Crippen molar-refractivity contribution in [3.8, 4) is 0 Å².